The molecule has 3 rings (SSSR count). The molecule has 2 unspecified atom stereocenters. The molecule has 0 aromatic carbocycles. The van der Waals surface area contributed by atoms with Gasteiger partial charge in [-0.1, -0.05) is 0 Å². The van der Waals surface area contributed by atoms with E-state index in [9.17, 15) is 4.79 Å². The molecule has 5 nitrogen and oxygen atoms in total. The monoisotopic (exact) mass is 298 g/mol. The number of amides is 1. The van der Waals surface area contributed by atoms with Gasteiger partial charge in [0.05, 0.1) is 11.3 Å². The quantitative estimate of drug-likeness (QED) is 0.853. The summed E-state index contributed by atoms with van der Waals surface area (Å²) in [6, 6.07) is 0.769. The third-order valence-corrected chi connectivity index (χ3v) is 4.61. The van der Waals surface area contributed by atoms with Crippen LogP contribution in [0.4, 0.5) is 0 Å². The van der Waals surface area contributed by atoms with Gasteiger partial charge in [0.1, 0.15) is 0 Å². The summed E-state index contributed by atoms with van der Waals surface area (Å²) in [4.78, 5) is 15.0. The number of aromatic nitrogens is 2. The number of nitrogens with one attached hydrogen (secondary N) is 1. The lowest BCUT2D eigenvalue weighted by atomic mass is 10.1. The first-order chi connectivity index (χ1) is 9.09. The molecule has 2 atom stereocenters. The average Bonchev–Trinajstić information content (AvgIpc) is 2.75. The van der Waals surface area contributed by atoms with Crippen LogP contribution in [0.2, 0.25) is 0 Å². The Labute approximate surface area is 126 Å². The summed E-state index contributed by atoms with van der Waals surface area (Å²) in [5, 5.41) is 7.81. The van der Waals surface area contributed by atoms with E-state index in [1.165, 1.54) is 0 Å². The number of nitrogens with zero attached hydrogens (tertiary/aromatic N) is 3. The second-order valence-electron chi connectivity index (χ2n) is 5.76. The summed E-state index contributed by atoms with van der Waals surface area (Å²) in [6.07, 6.45) is 3.35. The summed E-state index contributed by atoms with van der Waals surface area (Å²) in [6.45, 7) is 5.86. The highest BCUT2D eigenvalue weighted by atomic mass is 35.5. The Hall–Kier alpha value is -1.07. The van der Waals surface area contributed by atoms with Crippen molar-refractivity contribution >= 4 is 18.3 Å². The predicted molar refractivity (Wildman–Crippen MR) is 80.4 cm³/mol. The minimum atomic E-state index is 0. The van der Waals surface area contributed by atoms with Crippen LogP contribution in [0.5, 0.6) is 0 Å². The summed E-state index contributed by atoms with van der Waals surface area (Å²) < 4.78 is 1.81. The lowest BCUT2D eigenvalue weighted by Gasteiger charge is -2.28. The summed E-state index contributed by atoms with van der Waals surface area (Å²) in [7, 11) is 1.90. The van der Waals surface area contributed by atoms with Gasteiger partial charge in [-0.3, -0.25) is 9.48 Å². The number of halogens is 1. The Morgan fingerprint density at radius 1 is 1.25 bits per heavy atom. The molecule has 2 saturated heterocycles. The van der Waals surface area contributed by atoms with Crippen LogP contribution in [0, 0.1) is 13.8 Å². The largest absolute Gasteiger partial charge is 0.331 e. The molecule has 3 heterocycles. The highest BCUT2D eigenvalue weighted by Gasteiger charge is 2.39. The Bertz CT molecular complexity index is 500. The van der Waals surface area contributed by atoms with Gasteiger partial charge in [-0.2, -0.15) is 5.10 Å². The Kier molecular flexibility index (Phi) is 4.39. The van der Waals surface area contributed by atoms with Gasteiger partial charge in [0.2, 0.25) is 0 Å². The van der Waals surface area contributed by atoms with Crippen molar-refractivity contribution in [1.82, 2.24) is 20.0 Å². The van der Waals surface area contributed by atoms with Crippen molar-refractivity contribution in [3.8, 4) is 0 Å². The molecule has 0 spiro atoms. The van der Waals surface area contributed by atoms with Gasteiger partial charge >= 0.3 is 0 Å². The van der Waals surface area contributed by atoms with Gasteiger partial charge in [-0.25, -0.2) is 0 Å². The predicted octanol–water partition coefficient (Wildman–Crippen LogP) is 1.43. The number of hydrogen-bond donors (Lipinski definition) is 1. The molecule has 112 valence electrons. The lowest BCUT2D eigenvalue weighted by Crippen LogP contribution is -2.42. The van der Waals surface area contributed by atoms with Crippen LogP contribution in [0.3, 0.4) is 0 Å². The van der Waals surface area contributed by atoms with Crippen molar-refractivity contribution in [3.63, 3.8) is 0 Å². The highest BCUT2D eigenvalue weighted by Crippen LogP contribution is 2.30. The first-order valence-corrected chi connectivity index (χ1v) is 7.13. The van der Waals surface area contributed by atoms with Gasteiger partial charge in [-0.05, 0) is 39.7 Å². The number of hydrogen-bond acceptors (Lipinski definition) is 3. The van der Waals surface area contributed by atoms with E-state index in [4.69, 9.17) is 0 Å². The molecule has 2 fully saturated rings. The van der Waals surface area contributed by atoms with Crippen molar-refractivity contribution in [2.45, 2.75) is 45.2 Å². The maximum absolute atomic E-state index is 12.9. The Balaban J connectivity index is 0.00000147. The summed E-state index contributed by atoms with van der Waals surface area (Å²) in [5.74, 6) is 0.180. The second kappa shape index (κ2) is 5.74. The van der Waals surface area contributed by atoms with Crippen LogP contribution in [-0.2, 0) is 7.05 Å². The zero-order valence-electron chi connectivity index (χ0n) is 12.3. The highest BCUT2D eigenvalue weighted by molar-refractivity contribution is 5.97. The molecule has 20 heavy (non-hydrogen) atoms. The zero-order chi connectivity index (χ0) is 13.6. The molecule has 1 amide bonds. The Morgan fingerprint density at radius 2 is 1.95 bits per heavy atom. The number of fused-ring (bicyclic) bond motifs is 2. The molecular formula is C14H23ClN4O. The fraction of sp³-hybridized carbons (Fsp3) is 0.714. The van der Waals surface area contributed by atoms with Gasteiger partial charge in [0.25, 0.3) is 5.91 Å². The summed E-state index contributed by atoms with van der Waals surface area (Å²) in [5.41, 5.74) is 2.63. The van der Waals surface area contributed by atoms with Gasteiger partial charge in [0.15, 0.2) is 0 Å². The standard InChI is InChI=1S/C14H22N4O.ClH/c1-9-13(10(2)17(3)16-9)14(19)18-11-4-5-12(18)8-15-7-6-11;/h11-12,15H,4-8H2,1-3H3;1H. The molecule has 0 radical (unpaired) electrons. The zero-order valence-corrected chi connectivity index (χ0v) is 13.2. The van der Waals surface area contributed by atoms with E-state index in [2.05, 4.69) is 15.3 Å². The minimum absolute atomic E-state index is 0. The molecule has 0 saturated carbocycles. The summed E-state index contributed by atoms with van der Waals surface area (Å²) >= 11 is 0. The second-order valence-corrected chi connectivity index (χ2v) is 5.76. The van der Waals surface area contributed by atoms with Crippen LogP contribution < -0.4 is 5.32 Å². The third kappa shape index (κ3) is 2.33. The molecule has 6 heteroatoms. The van der Waals surface area contributed by atoms with E-state index in [1.54, 1.807) is 4.68 Å². The van der Waals surface area contributed by atoms with Gasteiger partial charge < -0.3 is 10.2 Å². The Morgan fingerprint density at radius 3 is 2.60 bits per heavy atom. The van der Waals surface area contributed by atoms with E-state index in [0.717, 1.165) is 49.3 Å². The average molecular weight is 299 g/mol. The number of carbonyl (C=O) groups is 1. The van der Waals surface area contributed by atoms with Crippen molar-refractivity contribution in [3.05, 3.63) is 17.0 Å². The molecule has 1 aromatic heterocycles. The number of aryl methyl sites for hydroxylation is 2. The number of rotatable bonds is 1. The van der Waals surface area contributed by atoms with Crippen molar-refractivity contribution in [2.75, 3.05) is 13.1 Å². The normalized spacial score (nSPS) is 25.2. The van der Waals surface area contributed by atoms with Crippen molar-refractivity contribution in [1.29, 1.82) is 0 Å². The molecule has 1 aromatic rings. The lowest BCUT2D eigenvalue weighted by molar-refractivity contribution is 0.0678. The van der Waals surface area contributed by atoms with E-state index < -0.39 is 0 Å². The fourth-order valence-electron chi connectivity index (χ4n) is 3.53. The van der Waals surface area contributed by atoms with Crippen molar-refractivity contribution in [2.24, 2.45) is 7.05 Å². The van der Waals surface area contributed by atoms with Gasteiger partial charge in [-0.15, -0.1) is 12.4 Å². The first-order valence-electron chi connectivity index (χ1n) is 7.13. The fourth-order valence-corrected chi connectivity index (χ4v) is 3.53. The van der Waals surface area contributed by atoms with E-state index in [0.29, 0.717) is 12.1 Å². The van der Waals surface area contributed by atoms with Crippen LogP contribution in [-0.4, -0.2) is 45.8 Å². The molecule has 2 aliphatic heterocycles. The van der Waals surface area contributed by atoms with E-state index in [1.807, 2.05) is 20.9 Å². The third-order valence-electron chi connectivity index (χ3n) is 4.61. The maximum atomic E-state index is 12.9. The smallest absolute Gasteiger partial charge is 0.258 e. The maximum Gasteiger partial charge on any atom is 0.258 e. The molecule has 1 N–H and O–H groups in total. The topological polar surface area (TPSA) is 50.2 Å². The van der Waals surface area contributed by atoms with E-state index >= 15 is 0 Å². The SMILES string of the molecule is Cc1nn(C)c(C)c1C(=O)N1C2CCNCC1CC2.Cl. The van der Waals surface area contributed by atoms with Crippen molar-refractivity contribution < 1.29 is 4.79 Å². The molecular weight excluding hydrogens is 276 g/mol. The molecule has 0 aliphatic carbocycles. The first kappa shape index (κ1) is 15.3. The van der Waals surface area contributed by atoms with Crippen LogP contribution in [0.1, 0.15) is 41.0 Å². The van der Waals surface area contributed by atoms with Gasteiger partial charge in [0, 0.05) is 31.4 Å². The minimum Gasteiger partial charge on any atom is -0.331 e. The van der Waals surface area contributed by atoms with Crippen LogP contribution in [0.15, 0.2) is 0 Å². The molecule has 2 aliphatic rings. The van der Waals surface area contributed by atoms with Crippen LogP contribution in [0.25, 0.3) is 0 Å². The van der Waals surface area contributed by atoms with E-state index in [-0.39, 0.29) is 18.3 Å². The van der Waals surface area contributed by atoms with Crippen LogP contribution >= 0.6 is 12.4 Å². The molecule has 2 bridgehead atoms. The number of carbonyl (C=O) groups excluding carboxylic acids is 1.